The van der Waals surface area contributed by atoms with E-state index in [1.807, 2.05) is 13.0 Å². The van der Waals surface area contributed by atoms with Gasteiger partial charge in [-0.2, -0.15) is 5.10 Å². The summed E-state index contributed by atoms with van der Waals surface area (Å²) in [6, 6.07) is 4.02. The summed E-state index contributed by atoms with van der Waals surface area (Å²) in [6.45, 7) is 7.02. The van der Waals surface area contributed by atoms with Crippen LogP contribution in [0.1, 0.15) is 25.8 Å². The van der Waals surface area contributed by atoms with E-state index in [1.54, 1.807) is 47.5 Å². The minimum absolute atomic E-state index is 0.101. The summed E-state index contributed by atoms with van der Waals surface area (Å²) >= 11 is 1.74. The van der Waals surface area contributed by atoms with Crippen LogP contribution < -0.4 is 0 Å². The fourth-order valence-electron chi connectivity index (χ4n) is 2.84. The first-order chi connectivity index (χ1) is 12.9. The molecule has 3 aromatic rings. The number of thiophene rings is 1. The van der Waals surface area contributed by atoms with Gasteiger partial charge in [0.1, 0.15) is 0 Å². The van der Waals surface area contributed by atoms with Gasteiger partial charge in [-0.25, -0.2) is 14.6 Å². The van der Waals surface area contributed by atoms with Crippen molar-refractivity contribution < 1.29 is 9.53 Å². The molecule has 0 aromatic carbocycles. The molecule has 1 amide bonds. The van der Waals surface area contributed by atoms with Gasteiger partial charge in [0.15, 0.2) is 0 Å². The monoisotopic (exact) mass is 385 g/mol. The lowest BCUT2D eigenvalue weighted by Crippen LogP contribution is -2.30. The Labute approximate surface area is 162 Å². The van der Waals surface area contributed by atoms with Gasteiger partial charge < -0.3 is 9.64 Å². The second kappa shape index (κ2) is 7.98. The molecule has 7 nitrogen and oxygen atoms in total. The van der Waals surface area contributed by atoms with E-state index in [0.717, 1.165) is 11.3 Å². The maximum atomic E-state index is 12.6. The summed E-state index contributed by atoms with van der Waals surface area (Å²) in [4.78, 5) is 25.7. The maximum absolute atomic E-state index is 12.6. The van der Waals surface area contributed by atoms with Gasteiger partial charge in [0, 0.05) is 42.2 Å². The number of rotatable bonds is 6. The molecule has 0 fully saturated rings. The van der Waals surface area contributed by atoms with E-state index in [9.17, 15) is 4.79 Å². The standard InChI is InChI=1S/C19H23N5O2S/c1-12-10-15(14(3)27-12)17-6-7-20-19(22-17)24-13(2)16(11-21-24)18(25)23(4)8-9-26-5/h6-7,10-11H,8-9H2,1-5H3. The van der Waals surface area contributed by atoms with Crippen LogP contribution in [0.2, 0.25) is 0 Å². The number of carbonyl (C=O) groups is 1. The van der Waals surface area contributed by atoms with Gasteiger partial charge in [-0.15, -0.1) is 11.3 Å². The summed E-state index contributed by atoms with van der Waals surface area (Å²) in [5.41, 5.74) is 3.19. The molecular weight excluding hydrogens is 362 g/mol. The van der Waals surface area contributed by atoms with Crippen molar-refractivity contribution in [2.24, 2.45) is 0 Å². The zero-order valence-corrected chi connectivity index (χ0v) is 17.0. The zero-order chi connectivity index (χ0) is 19.6. The molecule has 27 heavy (non-hydrogen) atoms. The van der Waals surface area contributed by atoms with E-state index >= 15 is 0 Å². The van der Waals surface area contributed by atoms with Crippen molar-refractivity contribution in [2.45, 2.75) is 20.8 Å². The molecule has 0 bridgehead atoms. The van der Waals surface area contributed by atoms with Crippen LogP contribution in [-0.2, 0) is 4.74 Å². The predicted molar refractivity (Wildman–Crippen MR) is 106 cm³/mol. The lowest BCUT2D eigenvalue weighted by Gasteiger charge is -2.16. The van der Waals surface area contributed by atoms with Crippen LogP contribution in [0.3, 0.4) is 0 Å². The molecule has 0 spiro atoms. The molecule has 0 aliphatic rings. The Bertz CT molecular complexity index is 963. The third-order valence-electron chi connectivity index (χ3n) is 4.37. The highest BCUT2D eigenvalue weighted by Crippen LogP contribution is 2.29. The van der Waals surface area contributed by atoms with Gasteiger partial charge >= 0.3 is 0 Å². The summed E-state index contributed by atoms with van der Waals surface area (Å²) in [6.07, 6.45) is 3.29. The third-order valence-corrected chi connectivity index (χ3v) is 5.33. The number of amides is 1. The minimum Gasteiger partial charge on any atom is -0.383 e. The number of likely N-dealkylation sites (N-methyl/N-ethyl adjacent to an activating group) is 1. The minimum atomic E-state index is -0.101. The normalized spacial score (nSPS) is 11.0. The Morgan fingerprint density at radius 3 is 2.78 bits per heavy atom. The summed E-state index contributed by atoms with van der Waals surface area (Å²) in [5, 5.41) is 4.35. The maximum Gasteiger partial charge on any atom is 0.257 e. The van der Waals surface area contributed by atoms with Crippen LogP contribution >= 0.6 is 11.3 Å². The summed E-state index contributed by atoms with van der Waals surface area (Å²) in [5.74, 6) is 0.350. The van der Waals surface area contributed by atoms with Crippen LogP contribution in [0.4, 0.5) is 0 Å². The molecular formula is C19H23N5O2S. The van der Waals surface area contributed by atoms with Crippen LogP contribution in [0, 0.1) is 20.8 Å². The van der Waals surface area contributed by atoms with Gasteiger partial charge in [-0.3, -0.25) is 4.79 Å². The quantitative estimate of drug-likeness (QED) is 0.652. The predicted octanol–water partition coefficient (Wildman–Crippen LogP) is 3.03. The van der Waals surface area contributed by atoms with Gasteiger partial charge in [0.25, 0.3) is 11.9 Å². The van der Waals surface area contributed by atoms with E-state index in [1.165, 1.54) is 9.75 Å². The Morgan fingerprint density at radius 2 is 2.11 bits per heavy atom. The Morgan fingerprint density at radius 1 is 1.33 bits per heavy atom. The van der Waals surface area contributed by atoms with E-state index in [0.29, 0.717) is 30.4 Å². The Hall–Kier alpha value is -2.58. The molecule has 0 radical (unpaired) electrons. The second-order valence-electron chi connectivity index (χ2n) is 6.34. The lowest BCUT2D eigenvalue weighted by molar-refractivity contribution is 0.0743. The third kappa shape index (κ3) is 3.91. The van der Waals surface area contributed by atoms with Crippen molar-refractivity contribution in [1.82, 2.24) is 24.6 Å². The number of aryl methyl sites for hydroxylation is 2. The highest BCUT2D eigenvalue weighted by atomic mass is 32.1. The number of carbonyl (C=O) groups excluding carboxylic acids is 1. The molecule has 3 rings (SSSR count). The molecule has 3 aromatic heterocycles. The Kier molecular flexibility index (Phi) is 5.67. The van der Waals surface area contributed by atoms with Gasteiger partial charge in [-0.1, -0.05) is 0 Å². The molecule has 0 aliphatic heterocycles. The van der Waals surface area contributed by atoms with Gasteiger partial charge in [0.05, 0.1) is 29.8 Å². The second-order valence-corrected chi connectivity index (χ2v) is 7.80. The molecule has 3 heterocycles. The highest BCUT2D eigenvalue weighted by Gasteiger charge is 2.20. The summed E-state index contributed by atoms with van der Waals surface area (Å²) < 4.78 is 6.64. The molecule has 0 saturated carbocycles. The van der Waals surface area contributed by atoms with Gasteiger partial charge in [-0.05, 0) is 32.9 Å². The molecule has 8 heteroatoms. The van der Waals surface area contributed by atoms with Crippen molar-refractivity contribution in [1.29, 1.82) is 0 Å². The summed E-state index contributed by atoms with van der Waals surface area (Å²) in [7, 11) is 3.36. The number of aromatic nitrogens is 4. The number of hydrogen-bond acceptors (Lipinski definition) is 6. The average molecular weight is 385 g/mol. The fraction of sp³-hybridized carbons (Fsp3) is 0.368. The lowest BCUT2D eigenvalue weighted by atomic mass is 10.2. The fourth-order valence-corrected chi connectivity index (χ4v) is 3.78. The van der Waals surface area contributed by atoms with Crippen molar-refractivity contribution in [3.8, 4) is 17.2 Å². The first kappa shape index (κ1) is 19.2. The first-order valence-corrected chi connectivity index (χ1v) is 9.44. The molecule has 142 valence electrons. The SMILES string of the molecule is COCCN(C)C(=O)c1cnn(-c2nccc(-c3cc(C)sc3C)n2)c1C. The molecule has 0 aliphatic carbocycles. The van der Waals surface area contributed by atoms with E-state index in [2.05, 4.69) is 35.0 Å². The van der Waals surface area contributed by atoms with Crippen LogP contribution in [0.15, 0.2) is 24.5 Å². The van der Waals surface area contributed by atoms with Crippen LogP contribution in [0.5, 0.6) is 0 Å². The smallest absolute Gasteiger partial charge is 0.257 e. The van der Waals surface area contributed by atoms with Crippen molar-refractivity contribution in [3.63, 3.8) is 0 Å². The van der Waals surface area contributed by atoms with E-state index < -0.39 is 0 Å². The average Bonchev–Trinajstić information content (AvgIpc) is 3.20. The van der Waals surface area contributed by atoms with Crippen molar-refractivity contribution in [3.05, 3.63) is 45.5 Å². The molecule has 0 saturated heterocycles. The van der Waals surface area contributed by atoms with Gasteiger partial charge in [0.2, 0.25) is 0 Å². The first-order valence-electron chi connectivity index (χ1n) is 8.62. The van der Waals surface area contributed by atoms with Crippen molar-refractivity contribution in [2.75, 3.05) is 27.3 Å². The van der Waals surface area contributed by atoms with Crippen LogP contribution in [0.25, 0.3) is 17.2 Å². The highest BCUT2D eigenvalue weighted by molar-refractivity contribution is 7.12. The molecule has 0 N–H and O–H groups in total. The molecule has 0 atom stereocenters. The number of ether oxygens (including phenoxy) is 1. The molecule has 0 unspecified atom stereocenters. The van der Waals surface area contributed by atoms with Crippen LogP contribution in [-0.4, -0.2) is 57.9 Å². The number of methoxy groups -OCH3 is 1. The Balaban J connectivity index is 1.92. The number of hydrogen-bond donors (Lipinski definition) is 0. The topological polar surface area (TPSA) is 73.1 Å². The number of nitrogens with zero attached hydrogens (tertiary/aromatic N) is 5. The zero-order valence-electron chi connectivity index (χ0n) is 16.2. The van der Waals surface area contributed by atoms with E-state index in [4.69, 9.17) is 4.74 Å². The largest absolute Gasteiger partial charge is 0.383 e. The van der Waals surface area contributed by atoms with E-state index in [-0.39, 0.29) is 5.91 Å². The van der Waals surface area contributed by atoms with Crippen molar-refractivity contribution >= 4 is 17.2 Å².